The smallest absolute Gasteiger partial charge is 0.264 e. The summed E-state index contributed by atoms with van der Waals surface area (Å²) in [6.45, 7) is 3.96. The van der Waals surface area contributed by atoms with Crippen LogP contribution in [0.5, 0.6) is 5.75 Å². The molecule has 0 saturated carbocycles. The summed E-state index contributed by atoms with van der Waals surface area (Å²) in [4.78, 5) is 0.0840. The molecule has 116 valence electrons. The fourth-order valence-electron chi connectivity index (χ4n) is 2.46. The van der Waals surface area contributed by atoms with E-state index in [1.54, 1.807) is 19.1 Å². The van der Waals surface area contributed by atoms with Crippen LogP contribution in [0.4, 0.5) is 10.1 Å². The summed E-state index contributed by atoms with van der Waals surface area (Å²) >= 11 is 0. The van der Waals surface area contributed by atoms with Crippen LogP contribution < -0.4 is 9.04 Å². The van der Waals surface area contributed by atoms with Gasteiger partial charge in [0.25, 0.3) is 10.0 Å². The molecule has 1 heterocycles. The Kier molecular flexibility index (Phi) is 3.56. The lowest BCUT2D eigenvalue weighted by atomic mass is 10.2. The molecule has 0 spiro atoms. The first-order chi connectivity index (χ1) is 10.4. The number of fused-ring (bicyclic) bond motifs is 1. The predicted octanol–water partition coefficient (Wildman–Crippen LogP) is 3.03. The van der Waals surface area contributed by atoms with Gasteiger partial charge in [0.05, 0.1) is 17.1 Å². The van der Waals surface area contributed by atoms with Crippen LogP contribution in [0.25, 0.3) is 0 Å². The quantitative estimate of drug-likeness (QED) is 0.854. The average molecular weight is 321 g/mol. The Morgan fingerprint density at radius 3 is 2.64 bits per heavy atom. The zero-order valence-corrected chi connectivity index (χ0v) is 13.2. The van der Waals surface area contributed by atoms with Crippen molar-refractivity contribution in [2.45, 2.75) is 18.7 Å². The molecule has 0 aliphatic carbocycles. The van der Waals surface area contributed by atoms with Crippen LogP contribution >= 0.6 is 0 Å². The Balaban J connectivity index is 2.11. The summed E-state index contributed by atoms with van der Waals surface area (Å²) in [5.41, 5.74) is 1.77. The van der Waals surface area contributed by atoms with Crippen molar-refractivity contribution in [2.75, 3.05) is 17.5 Å². The molecule has 0 fully saturated rings. The molecule has 0 amide bonds. The van der Waals surface area contributed by atoms with Crippen LogP contribution in [0, 0.1) is 19.7 Å². The van der Waals surface area contributed by atoms with Gasteiger partial charge in [0.2, 0.25) is 0 Å². The van der Waals surface area contributed by atoms with Gasteiger partial charge in [-0.05, 0) is 55.3 Å². The number of sulfonamides is 1. The number of halogens is 1. The molecule has 6 heteroatoms. The van der Waals surface area contributed by atoms with Crippen molar-refractivity contribution in [3.63, 3.8) is 0 Å². The third-order valence-corrected chi connectivity index (χ3v) is 5.46. The number of hydrogen-bond acceptors (Lipinski definition) is 3. The molecule has 22 heavy (non-hydrogen) atoms. The second kappa shape index (κ2) is 5.28. The van der Waals surface area contributed by atoms with Crippen LogP contribution in [0.15, 0.2) is 41.3 Å². The van der Waals surface area contributed by atoms with Crippen LogP contribution in [-0.4, -0.2) is 21.6 Å². The molecule has 1 aliphatic heterocycles. The Morgan fingerprint density at radius 1 is 1.14 bits per heavy atom. The van der Waals surface area contributed by atoms with E-state index in [-0.39, 0.29) is 18.0 Å². The first kappa shape index (κ1) is 14.8. The minimum absolute atomic E-state index is 0.0840. The lowest BCUT2D eigenvalue weighted by molar-refractivity contribution is 0.315. The van der Waals surface area contributed by atoms with Gasteiger partial charge in [-0.3, -0.25) is 4.31 Å². The lowest BCUT2D eigenvalue weighted by Crippen LogP contribution is -2.38. The molecule has 1 aliphatic rings. The standard InChI is InChI=1S/C16H16FNO3S/c1-11-3-6-16-15(9-11)18(7-8-21-16)22(19,20)13-4-5-14(17)12(2)10-13/h3-6,9-10H,7-8H2,1-2H3. The van der Waals surface area contributed by atoms with Gasteiger partial charge in [0, 0.05) is 0 Å². The molecule has 0 radical (unpaired) electrons. The average Bonchev–Trinajstić information content (AvgIpc) is 2.49. The van der Waals surface area contributed by atoms with Gasteiger partial charge in [-0.25, -0.2) is 12.8 Å². The summed E-state index contributed by atoms with van der Waals surface area (Å²) in [6, 6.07) is 9.25. The SMILES string of the molecule is Cc1ccc2c(c1)N(S(=O)(=O)c1ccc(F)c(C)c1)CCO2. The summed E-state index contributed by atoms with van der Waals surface area (Å²) in [6.07, 6.45) is 0. The van der Waals surface area contributed by atoms with Crippen molar-refractivity contribution in [3.8, 4) is 5.75 Å². The van der Waals surface area contributed by atoms with Crippen LogP contribution in [0.1, 0.15) is 11.1 Å². The Hall–Kier alpha value is -2.08. The van der Waals surface area contributed by atoms with Gasteiger partial charge < -0.3 is 4.74 Å². The highest BCUT2D eigenvalue weighted by atomic mass is 32.2. The van der Waals surface area contributed by atoms with Gasteiger partial charge in [0.1, 0.15) is 18.2 Å². The largest absolute Gasteiger partial charge is 0.489 e. The Bertz CT molecular complexity index is 833. The maximum absolute atomic E-state index is 13.4. The van der Waals surface area contributed by atoms with Crippen molar-refractivity contribution < 1.29 is 17.5 Å². The van der Waals surface area contributed by atoms with E-state index in [4.69, 9.17) is 4.74 Å². The fourth-order valence-corrected chi connectivity index (χ4v) is 3.99. The number of nitrogens with zero attached hydrogens (tertiary/aromatic N) is 1. The van der Waals surface area contributed by atoms with E-state index in [0.29, 0.717) is 17.0 Å². The highest BCUT2D eigenvalue weighted by Crippen LogP contribution is 2.36. The topological polar surface area (TPSA) is 46.6 Å². The summed E-state index contributed by atoms with van der Waals surface area (Å²) in [5, 5.41) is 0. The van der Waals surface area contributed by atoms with E-state index in [2.05, 4.69) is 0 Å². The Morgan fingerprint density at radius 2 is 1.91 bits per heavy atom. The zero-order valence-electron chi connectivity index (χ0n) is 12.3. The van der Waals surface area contributed by atoms with Gasteiger partial charge in [-0.2, -0.15) is 0 Å². The summed E-state index contributed by atoms with van der Waals surface area (Å²) in [5.74, 6) is 0.122. The normalized spacial score (nSPS) is 14.4. The molecule has 0 aromatic heterocycles. The van der Waals surface area contributed by atoms with Gasteiger partial charge in [-0.15, -0.1) is 0 Å². The first-order valence-electron chi connectivity index (χ1n) is 6.92. The molecule has 4 nitrogen and oxygen atoms in total. The lowest BCUT2D eigenvalue weighted by Gasteiger charge is -2.30. The predicted molar refractivity (Wildman–Crippen MR) is 82.3 cm³/mol. The third kappa shape index (κ3) is 2.43. The van der Waals surface area contributed by atoms with Crippen LogP contribution in [-0.2, 0) is 10.0 Å². The molecule has 0 N–H and O–H groups in total. The van der Waals surface area contributed by atoms with Crippen molar-refractivity contribution in [3.05, 3.63) is 53.3 Å². The highest BCUT2D eigenvalue weighted by molar-refractivity contribution is 7.92. The number of ether oxygens (including phenoxy) is 1. The van der Waals surface area contributed by atoms with E-state index in [9.17, 15) is 12.8 Å². The fraction of sp³-hybridized carbons (Fsp3) is 0.250. The van der Waals surface area contributed by atoms with E-state index >= 15 is 0 Å². The Labute approximate surface area is 129 Å². The van der Waals surface area contributed by atoms with Gasteiger partial charge >= 0.3 is 0 Å². The molecular weight excluding hydrogens is 305 g/mol. The minimum Gasteiger partial charge on any atom is -0.489 e. The van der Waals surface area contributed by atoms with E-state index in [0.717, 1.165) is 5.56 Å². The number of benzene rings is 2. The number of anilines is 1. The molecule has 0 saturated heterocycles. The summed E-state index contributed by atoms with van der Waals surface area (Å²) < 4.78 is 46.0. The molecule has 3 rings (SSSR count). The first-order valence-corrected chi connectivity index (χ1v) is 8.36. The van der Waals surface area contributed by atoms with Crippen molar-refractivity contribution >= 4 is 15.7 Å². The van der Waals surface area contributed by atoms with Crippen molar-refractivity contribution in [2.24, 2.45) is 0 Å². The molecule has 0 atom stereocenters. The third-order valence-electron chi connectivity index (χ3n) is 3.65. The van der Waals surface area contributed by atoms with Gasteiger partial charge in [0.15, 0.2) is 0 Å². The minimum atomic E-state index is -3.74. The maximum atomic E-state index is 13.4. The number of aryl methyl sites for hydroxylation is 2. The zero-order chi connectivity index (χ0) is 15.9. The van der Waals surface area contributed by atoms with Crippen molar-refractivity contribution in [1.29, 1.82) is 0 Å². The summed E-state index contributed by atoms with van der Waals surface area (Å²) in [7, 11) is -3.74. The number of rotatable bonds is 2. The van der Waals surface area contributed by atoms with Crippen molar-refractivity contribution in [1.82, 2.24) is 0 Å². The second-order valence-corrected chi connectivity index (χ2v) is 7.17. The molecule has 2 aromatic carbocycles. The molecule has 0 bridgehead atoms. The van der Waals surface area contributed by atoms with E-state index in [1.165, 1.54) is 22.5 Å². The van der Waals surface area contributed by atoms with Crippen LogP contribution in [0.2, 0.25) is 0 Å². The monoisotopic (exact) mass is 321 g/mol. The number of hydrogen-bond donors (Lipinski definition) is 0. The highest BCUT2D eigenvalue weighted by Gasteiger charge is 2.30. The van der Waals surface area contributed by atoms with Crippen LogP contribution in [0.3, 0.4) is 0 Å². The van der Waals surface area contributed by atoms with E-state index < -0.39 is 15.8 Å². The second-order valence-electron chi connectivity index (χ2n) is 5.31. The van der Waals surface area contributed by atoms with Gasteiger partial charge in [-0.1, -0.05) is 6.07 Å². The van der Waals surface area contributed by atoms with E-state index in [1.807, 2.05) is 13.0 Å². The molecule has 0 unspecified atom stereocenters. The molecule has 2 aromatic rings. The molecular formula is C16H16FNO3S. The maximum Gasteiger partial charge on any atom is 0.264 e.